The molecule has 1 atom stereocenters. The van der Waals surface area contributed by atoms with Gasteiger partial charge < -0.3 is 9.84 Å². The lowest BCUT2D eigenvalue weighted by Gasteiger charge is -2.15. The molecule has 0 aromatic heterocycles. The average Bonchev–Trinajstić information content (AvgIpc) is 2.47. The van der Waals surface area contributed by atoms with E-state index in [4.69, 9.17) is 9.84 Å². The van der Waals surface area contributed by atoms with E-state index in [-0.39, 0.29) is 5.56 Å². The van der Waals surface area contributed by atoms with E-state index < -0.39 is 16.6 Å². The van der Waals surface area contributed by atoms with E-state index in [0.717, 1.165) is 25.7 Å². The highest BCUT2D eigenvalue weighted by molar-refractivity contribution is 5.92. The molecule has 0 radical (unpaired) electrons. The molecule has 1 N–H and O–H groups in total. The minimum absolute atomic E-state index is 0.348. The fraction of sp³-hybridized carbons (Fsp3) is 0.533. The van der Waals surface area contributed by atoms with Gasteiger partial charge in [-0.25, -0.2) is 4.79 Å². The molecule has 21 heavy (non-hydrogen) atoms. The van der Waals surface area contributed by atoms with E-state index in [1.807, 2.05) is 0 Å². The number of hydrogen-bond donors (Lipinski definition) is 1. The predicted molar refractivity (Wildman–Crippen MR) is 78.9 cm³/mol. The topological polar surface area (TPSA) is 89.7 Å². The molecule has 116 valence electrons. The zero-order valence-electron chi connectivity index (χ0n) is 12.4. The average molecular weight is 295 g/mol. The summed E-state index contributed by atoms with van der Waals surface area (Å²) in [6.45, 7) is 4.71. The molecule has 0 spiro atoms. The van der Waals surface area contributed by atoms with Crippen LogP contribution in [0.1, 0.15) is 49.9 Å². The number of nitro groups is 1. The molecule has 6 nitrogen and oxygen atoms in total. The van der Waals surface area contributed by atoms with Gasteiger partial charge in [-0.3, -0.25) is 10.1 Å². The molecule has 0 aliphatic heterocycles. The van der Waals surface area contributed by atoms with Crippen LogP contribution in [0, 0.1) is 16.0 Å². The number of carboxylic acid groups (broad SMARTS) is 1. The molecular weight excluding hydrogens is 274 g/mol. The second-order valence-corrected chi connectivity index (χ2v) is 4.97. The molecule has 0 saturated heterocycles. The number of hydrogen-bond acceptors (Lipinski definition) is 4. The maximum atomic E-state index is 11.1. The van der Waals surface area contributed by atoms with Crippen LogP contribution in [0.2, 0.25) is 0 Å². The lowest BCUT2D eigenvalue weighted by molar-refractivity contribution is -0.385. The van der Waals surface area contributed by atoms with Gasteiger partial charge in [0.15, 0.2) is 0 Å². The van der Waals surface area contributed by atoms with Crippen LogP contribution in [0.25, 0.3) is 0 Å². The lowest BCUT2D eigenvalue weighted by atomic mass is 10.0. The molecule has 0 heterocycles. The summed E-state index contributed by atoms with van der Waals surface area (Å²) >= 11 is 0. The summed E-state index contributed by atoms with van der Waals surface area (Å²) < 4.78 is 5.60. The van der Waals surface area contributed by atoms with Crippen molar-refractivity contribution in [2.45, 2.75) is 39.5 Å². The van der Waals surface area contributed by atoms with Gasteiger partial charge in [0, 0.05) is 12.1 Å². The van der Waals surface area contributed by atoms with Gasteiger partial charge >= 0.3 is 5.97 Å². The van der Waals surface area contributed by atoms with Crippen LogP contribution in [-0.4, -0.2) is 22.6 Å². The minimum Gasteiger partial charge on any atom is -0.493 e. The Kier molecular flexibility index (Phi) is 6.65. The number of nitro benzene ring substituents is 1. The summed E-state index contributed by atoms with van der Waals surface area (Å²) in [4.78, 5) is 21.1. The van der Waals surface area contributed by atoms with Crippen molar-refractivity contribution in [1.82, 2.24) is 0 Å². The summed E-state index contributed by atoms with van der Waals surface area (Å²) in [5, 5.41) is 19.8. The van der Waals surface area contributed by atoms with Crippen molar-refractivity contribution in [3.63, 3.8) is 0 Å². The summed E-state index contributed by atoms with van der Waals surface area (Å²) in [5.74, 6) is -0.563. The van der Waals surface area contributed by atoms with Crippen molar-refractivity contribution in [3.05, 3.63) is 33.9 Å². The number of ether oxygens (including phenoxy) is 1. The molecule has 0 amide bonds. The van der Waals surface area contributed by atoms with Gasteiger partial charge in [-0.05, 0) is 18.4 Å². The molecule has 0 fully saturated rings. The van der Waals surface area contributed by atoms with Gasteiger partial charge in [-0.15, -0.1) is 0 Å². The fourth-order valence-electron chi connectivity index (χ4n) is 2.05. The third-order valence-corrected chi connectivity index (χ3v) is 3.42. The van der Waals surface area contributed by atoms with E-state index in [9.17, 15) is 14.9 Å². The molecular formula is C15H21NO5. The first kappa shape index (κ1) is 16.9. The summed E-state index contributed by atoms with van der Waals surface area (Å²) in [6.07, 6.45) is 4.30. The number of rotatable bonds is 9. The van der Waals surface area contributed by atoms with E-state index >= 15 is 0 Å². The lowest BCUT2D eigenvalue weighted by Crippen LogP contribution is -2.12. The molecule has 6 heteroatoms. The van der Waals surface area contributed by atoms with Crippen molar-refractivity contribution in [2.24, 2.45) is 5.92 Å². The Morgan fingerprint density at radius 2 is 2.14 bits per heavy atom. The van der Waals surface area contributed by atoms with E-state index in [0.29, 0.717) is 18.3 Å². The van der Waals surface area contributed by atoms with Gasteiger partial charge in [0.2, 0.25) is 0 Å². The molecule has 0 aliphatic carbocycles. The van der Waals surface area contributed by atoms with Crippen LogP contribution in [0.5, 0.6) is 5.75 Å². The number of carboxylic acids is 1. The van der Waals surface area contributed by atoms with Gasteiger partial charge in [0.05, 0.1) is 11.5 Å². The van der Waals surface area contributed by atoms with Crippen molar-refractivity contribution >= 4 is 11.7 Å². The number of benzene rings is 1. The molecule has 0 aliphatic rings. The summed E-state index contributed by atoms with van der Waals surface area (Å²) in [5.41, 5.74) is -0.771. The van der Waals surface area contributed by atoms with Crippen LogP contribution >= 0.6 is 0 Å². The third-order valence-electron chi connectivity index (χ3n) is 3.42. The zero-order valence-corrected chi connectivity index (χ0v) is 12.4. The highest BCUT2D eigenvalue weighted by Crippen LogP contribution is 2.25. The predicted octanol–water partition coefficient (Wildman–Crippen LogP) is 3.89. The largest absolute Gasteiger partial charge is 0.493 e. The smallest absolute Gasteiger partial charge is 0.342 e. The van der Waals surface area contributed by atoms with Crippen LogP contribution in [-0.2, 0) is 0 Å². The van der Waals surface area contributed by atoms with Gasteiger partial charge in [-0.1, -0.05) is 33.1 Å². The van der Waals surface area contributed by atoms with Crippen LogP contribution in [0.3, 0.4) is 0 Å². The van der Waals surface area contributed by atoms with Crippen LogP contribution < -0.4 is 4.74 Å². The van der Waals surface area contributed by atoms with E-state index in [1.54, 1.807) is 0 Å². The minimum atomic E-state index is -1.33. The Balaban J connectivity index is 2.78. The quantitative estimate of drug-likeness (QED) is 0.551. The first-order valence-corrected chi connectivity index (χ1v) is 7.14. The van der Waals surface area contributed by atoms with Crippen molar-refractivity contribution in [3.8, 4) is 5.75 Å². The molecule has 1 rings (SSSR count). The highest BCUT2D eigenvalue weighted by atomic mass is 16.6. The molecule has 0 saturated carbocycles. The standard InChI is InChI=1S/C15H21NO5/c1-3-5-6-11(4-2)10-21-12-7-8-14(16(19)20)13(9-12)15(17)18/h7-9,11H,3-6,10H2,1-2H3,(H,17,18). The maximum Gasteiger partial charge on any atom is 0.342 e. The first-order valence-electron chi connectivity index (χ1n) is 7.14. The van der Waals surface area contributed by atoms with Gasteiger partial charge in [-0.2, -0.15) is 0 Å². The Hall–Kier alpha value is -2.11. The van der Waals surface area contributed by atoms with Crippen molar-refractivity contribution in [1.29, 1.82) is 0 Å². The second-order valence-electron chi connectivity index (χ2n) is 4.97. The fourth-order valence-corrected chi connectivity index (χ4v) is 2.05. The maximum absolute atomic E-state index is 11.1. The van der Waals surface area contributed by atoms with Gasteiger partial charge in [0.1, 0.15) is 11.3 Å². The Bertz CT molecular complexity index is 501. The molecule has 1 unspecified atom stereocenters. The number of nitrogens with zero attached hydrogens (tertiary/aromatic N) is 1. The van der Waals surface area contributed by atoms with E-state index in [2.05, 4.69) is 13.8 Å². The van der Waals surface area contributed by atoms with Crippen LogP contribution in [0.4, 0.5) is 5.69 Å². The Morgan fingerprint density at radius 1 is 1.43 bits per heavy atom. The molecule has 0 bridgehead atoms. The molecule has 1 aromatic carbocycles. The number of carbonyl (C=O) groups is 1. The van der Waals surface area contributed by atoms with E-state index in [1.165, 1.54) is 18.2 Å². The zero-order chi connectivity index (χ0) is 15.8. The third kappa shape index (κ3) is 5.06. The second kappa shape index (κ2) is 8.24. The summed E-state index contributed by atoms with van der Waals surface area (Å²) in [6, 6.07) is 3.83. The Morgan fingerprint density at radius 3 is 2.67 bits per heavy atom. The van der Waals surface area contributed by atoms with Crippen molar-refractivity contribution in [2.75, 3.05) is 6.61 Å². The van der Waals surface area contributed by atoms with Crippen LogP contribution in [0.15, 0.2) is 18.2 Å². The number of aromatic carboxylic acids is 1. The highest BCUT2D eigenvalue weighted by Gasteiger charge is 2.20. The normalized spacial score (nSPS) is 11.9. The molecule has 1 aromatic rings. The van der Waals surface area contributed by atoms with Gasteiger partial charge in [0.25, 0.3) is 5.69 Å². The Labute approximate surface area is 123 Å². The number of unbranched alkanes of at least 4 members (excludes halogenated alkanes) is 1. The summed E-state index contributed by atoms with van der Waals surface area (Å²) in [7, 11) is 0. The van der Waals surface area contributed by atoms with Crippen molar-refractivity contribution < 1.29 is 19.6 Å². The first-order chi connectivity index (χ1) is 9.99. The monoisotopic (exact) mass is 295 g/mol. The SMILES string of the molecule is CCCCC(CC)COc1ccc([N+](=O)[O-])c(C(=O)O)c1.